The zero-order valence-corrected chi connectivity index (χ0v) is 11.2. The molecule has 1 amide bonds. The van der Waals surface area contributed by atoms with Crippen LogP contribution >= 0.6 is 0 Å². The van der Waals surface area contributed by atoms with E-state index in [1.807, 2.05) is 12.1 Å². The fraction of sp³-hybridized carbons (Fsp3) is 0.462. The van der Waals surface area contributed by atoms with Crippen molar-refractivity contribution >= 4 is 5.91 Å². The van der Waals surface area contributed by atoms with E-state index in [0.717, 1.165) is 5.56 Å². The van der Waals surface area contributed by atoms with Crippen LogP contribution in [0.3, 0.4) is 0 Å². The number of benzene rings is 1. The fourth-order valence-corrected chi connectivity index (χ4v) is 1.55. The van der Waals surface area contributed by atoms with Gasteiger partial charge in [-0.2, -0.15) is 0 Å². The van der Waals surface area contributed by atoms with E-state index >= 15 is 0 Å². The van der Waals surface area contributed by atoms with Crippen LogP contribution in [-0.2, 0) is 11.2 Å². The standard InChI is InChI=1S/C13H20N2O4/c1-18-10-5-9(6-11(7-10)19-2)3-4-15-13(17)12(14)8-16/h5-7,12,16H,3-4,8,14H2,1-2H3,(H,15,17)/t12-/m0/s1. The topological polar surface area (TPSA) is 93.8 Å². The van der Waals surface area contributed by atoms with Gasteiger partial charge in [0.1, 0.15) is 17.5 Å². The second-order valence-corrected chi connectivity index (χ2v) is 4.05. The summed E-state index contributed by atoms with van der Waals surface area (Å²) in [5, 5.41) is 11.4. The van der Waals surface area contributed by atoms with Crippen LogP contribution in [-0.4, -0.2) is 44.4 Å². The van der Waals surface area contributed by atoms with Gasteiger partial charge in [-0.15, -0.1) is 0 Å². The van der Waals surface area contributed by atoms with Crippen LogP contribution in [0.1, 0.15) is 5.56 Å². The Labute approximate surface area is 112 Å². The van der Waals surface area contributed by atoms with Gasteiger partial charge in [0.2, 0.25) is 5.91 Å². The maximum absolute atomic E-state index is 11.4. The van der Waals surface area contributed by atoms with E-state index in [9.17, 15) is 4.79 Å². The normalized spacial score (nSPS) is 11.8. The van der Waals surface area contributed by atoms with Crippen LogP contribution in [0.2, 0.25) is 0 Å². The lowest BCUT2D eigenvalue weighted by Gasteiger charge is -2.11. The molecule has 1 atom stereocenters. The number of nitrogens with one attached hydrogen (secondary N) is 1. The zero-order chi connectivity index (χ0) is 14.3. The van der Waals surface area contributed by atoms with E-state index in [2.05, 4.69) is 5.32 Å². The van der Waals surface area contributed by atoms with Gasteiger partial charge >= 0.3 is 0 Å². The third kappa shape index (κ3) is 4.76. The van der Waals surface area contributed by atoms with Crippen LogP contribution in [0.15, 0.2) is 18.2 Å². The molecule has 0 heterocycles. The summed E-state index contributed by atoms with van der Waals surface area (Å²) >= 11 is 0. The molecule has 0 aliphatic heterocycles. The minimum absolute atomic E-state index is 0.362. The molecule has 0 aromatic heterocycles. The number of aliphatic hydroxyl groups is 1. The maximum atomic E-state index is 11.4. The number of aliphatic hydroxyl groups excluding tert-OH is 1. The van der Waals surface area contributed by atoms with Crippen molar-refractivity contribution in [1.29, 1.82) is 0 Å². The molecule has 0 aliphatic rings. The summed E-state index contributed by atoms with van der Waals surface area (Å²) in [5.74, 6) is 1.04. The summed E-state index contributed by atoms with van der Waals surface area (Å²) in [4.78, 5) is 11.4. The van der Waals surface area contributed by atoms with Crippen molar-refractivity contribution in [2.75, 3.05) is 27.4 Å². The first kappa shape index (κ1) is 15.3. The molecule has 1 aromatic rings. The molecule has 0 saturated heterocycles. The molecule has 6 heteroatoms. The largest absolute Gasteiger partial charge is 0.497 e. The van der Waals surface area contributed by atoms with E-state index in [0.29, 0.717) is 24.5 Å². The lowest BCUT2D eigenvalue weighted by Crippen LogP contribution is -2.43. The van der Waals surface area contributed by atoms with E-state index in [1.165, 1.54) is 0 Å². The third-order valence-corrected chi connectivity index (χ3v) is 2.66. The van der Waals surface area contributed by atoms with Gasteiger partial charge < -0.3 is 25.6 Å². The SMILES string of the molecule is COc1cc(CCNC(=O)[C@@H](N)CO)cc(OC)c1. The molecule has 106 valence electrons. The van der Waals surface area contributed by atoms with E-state index in [-0.39, 0.29) is 12.5 Å². The number of carbonyl (C=O) groups is 1. The van der Waals surface area contributed by atoms with Gasteiger partial charge in [-0.1, -0.05) is 0 Å². The molecule has 0 unspecified atom stereocenters. The van der Waals surface area contributed by atoms with Gasteiger partial charge in [0.25, 0.3) is 0 Å². The molecule has 0 saturated carbocycles. The van der Waals surface area contributed by atoms with Crippen LogP contribution in [0, 0.1) is 0 Å². The number of methoxy groups -OCH3 is 2. The molecule has 0 radical (unpaired) electrons. The summed E-state index contributed by atoms with van der Waals surface area (Å²) < 4.78 is 10.3. The molecule has 19 heavy (non-hydrogen) atoms. The highest BCUT2D eigenvalue weighted by atomic mass is 16.5. The van der Waals surface area contributed by atoms with Gasteiger partial charge in [-0.05, 0) is 24.1 Å². The Kier molecular flexibility index (Phi) is 6.11. The smallest absolute Gasteiger partial charge is 0.239 e. The lowest BCUT2D eigenvalue weighted by atomic mass is 10.1. The predicted molar refractivity (Wildman–Crippen MR) is 71.3 cm³/mol. The first-order valence-corrected chi connectivity index (χ1v) is 5.96. The number of hydrogen-bond acceptors (Lipinski definition) is 5. The molecule has 0 bridgehead atoms. The Hall–Kier alpha value is -1.79. The van der Waals surface area contributed by atoms with E-state index < -0.39 is 6.04 Å². The van der Waals surface area contributed by atoms with Crippen LogP contribution < -0.4 is 20.5 Å². The minimum atomic E-state index is -0.875. The average molecular weight is 268 g/mol. The van der Waals surface area contributed by atoms with Gasteiger partial charge in [-0.25, -0.2) is 0 Å². The number of hydrogen-bond donors (Lipinski definition) is 3. The van der Waals surface area contributed by atoms with Crippen molar-refractivity contribution in [3.8, 4) is 11.5 Å². The number of amides is 1. The monoisotopic (exact) mass is 268 g/mol. The van der Waals surface area contributed by atoms with Crippen LogP contribution in [0.25, 0.3) is 0 Å². The molecule has 0 spiro atoms. The number of carbonyl (C=O) groups excluding carboxylic acids is 1. The van der Waals surface area contributed by atoms with Crippen LogP contribution in [0.5, 0.6) is 11.5 Å². The molecular formula is C13H20N2O4. The fourth-order valence-electron chi connectivity index (χ4n) is 1.55. The summed E-state index contributed by atoms with van der Waals surface area (Å²) in [7, 11) is 3.17. The van der Waals surface area contributed by atoms with Crippen molar-refractivity contribution in [3.05, 3.63) is 23.8 Å². The van der Waals surface area contributed by atoms with Crippen molar-refractivity contribution in [3.63, 3.8) is 0 Å². The first-order valence-electron chi connectivity index (χ1n) is 5.96. The highest BCUT2D eigenvalue weighted by Gasteiger charge is 2.10. The second kappa shape index (κ2) is 7.60. The Bertz CT molecular complexity index is 401. The second-order valence-electron chi connectivity index (χ2n) is 4.05. The Morgan fingerprint density at radius 2 is 1.89 bits per heavy atom. The van der Waals surface area contributed by atoms with E-state index in [4.69, 9.17) is 20.3 Å². The van der Waals surface area contributed by atoms with Crippen molar-refractivity contribution in [1.82, 2.24) is 5.32 Å². The molecule has 6 nitrogen and oxygen atoms in total. The molecule has 4 N–H and O–H groups in total. The highest BCUT2D eigenvalue weighted by molar-refractivity contribution is 5.81. The summed E-state index contributed by atoms with van der Waals surface area (Å²) in [6.07, 6.45) is 0.622. The third-order valence-electron chi connectivity index (χ3n) is 2.66. The molecule has 1 rings (SSSR count). The summed E-state index contributed by atoms with van der Waals surface area (Å²) in [5.41, 5.74) is 6.37. The zero-order valence-electron chi connectivity index (χ0n) is 11.2. The molecule has 0 fully saturated rings. The predicted octanol–water partition coefficient (Wildman–Crippen LogP) is -0.318. The maximum Gasteiger partial charge on any atom is 0.239 e. The van der Waals surface area contributed by atoms with Crippen LogP contribution in [0.4, 0.5) is 0 Å². The Morgan fingerprint density at radius 1 is 1.32 bits per heavy atom. The molecule has 0 aliphatic carbocycles. The molecular weight excluding hydrogens is 248 g/mol. The Morgan fingerprint density at radius 3 is 2.37 bits per heavy atom. The Balaban J connectivity index is 2.55. The van der Waals surface area contributed by atoms with Crippen molar-refractivity contribution in [2.45, 2.75) is 12.5 Å². The lowest BCUT2D eigenvalue weighted by molar-refractivity contribution is -0.123. The number of ether oxygens (including phenoxy) is 2. The number of rotatable bonds is 7. The number of nitrogens with two attached hydrogens (primary N) is 1. The van der Waals surface area contributed by atoms with Gasteiger partial charge in [0.15, 0.2) is 0 Å². The molecule has 1 aromatic carbocycles. The summed E-state index contributed by atoms with van der Waals surface area (Å²) in [6, 6.07) is 4.66. The highest BCUT2D eigenvalue weighted by Crippen LogP contribution is 2.22. The van der Waals surface area contributed by atoms with Gasteiger partial charge in [0, 0.05) is 12.6 Å². The van der Waals surface area contributed by atoms with E-state index in [1.54, 1.807) is 20.3 Å². The van der Waals surface area contributed by atoms with Crippen molar-refractivity contribution in [2.24, 2.45) is 5.73 Å². The average Bonchev–Trinajstić information content (AvgIpc) is 2.45. The van der Waals surface area contributed by atoms with Crippen molar-refractivity contribution < 1.29 is 19.4 Å². The first-order chi connectivity index (χ1) is 9.10. The van der Waals surface area contributed by atoms with Gasteiger partial charge in [0.05, 0.1) is 20.8 Å². The van der Waals surface area contributed by atoms with Gasteiger partial charge in [-0.3, -0.25) is 4.79 Å². The summed E-state index contributed by atoms with van der Waals surface area (Å²) in [6.45, 7) is 0.0711. The minimum Gasteiger partial charge on any atom is -0.497 e. The quantitative estimate of drug-likeness (QED) is 0.630.